The molecule has 0 spiro atoms. The number of rotatable bonds is 4. The van der Waals surface area contributed by atoms with Crippen molar-refractivity contribution < 1.29 is 19.0 Å². The Labute approximate surface area is 175 Å². The Morgan fingerprint density at radius 1 is 1.10 bits per heavy atom. The summed E-state index contributed by atoms with van der Waals surface area (Å²) in [5.74, 6) is 0.975. The Morgan fingerprint density at radius 2 is 1.87 bits per heavy atom. The van der Waals surface area contributed by atoms with E-state index in [-0.39, 0.29) is 23.2 Å². The third kappa shape index (κ3) is 3.29. The molecule has 0 radical (unpaired) electrons. The molecule has 2 atom stereocenters. The molecule has 152 valence electrons. The number of ketones is 1. The molecule has 6 heteroatoms. The van der Waals surface area contributed by atoms with E-state index in [9.17, 15) is 10.1 Å². The van der Waals surface area contributed by atoms with Crippen molar-refractivity contribution in [3.05, 3.63) is 82.4 Å². The molecule has 1 aliphatic heterocycles. The summed E-state index contributed by atoms with van der Waals surface area (Å²) in [6.07, 6.45) is 0.876. The zero-order valence-electron chi connectivity index (χ0n) is 16.8. The summed E-state index contributed by atoms with van der Waals surface area (Å²) in [5, 5.41) is 9.82. The summed E-state index contributed by atoms with van der Waals surface area (Å²) in [6, 6.07) is 17.3. The Kier molecular flexibility index (Phi) is 5.20. The van der Waals surface area contributed by atoms with E-state index in [0.29, 0.717) is 41.2 Å². The number of benzene rings is 2. The predicted molar refractivity (Wildman–Crippen MR) is 111 cm³/mol. The maximum Gasteiger partial charge on any atom is 0.205 e. The molecule has 0 bridgehead atoms. The first-order valence-electron chi connectivity index (χ1n) is 9.68. The smallest absolute Gasteiger partial charge is 0.205 e. The maximum atomic E-state index is 13.3. The molecule has 1 heterocycles. The van der Waals surface area contributed by atoms with E-state index in [1.54, 1.807) is 32.4 Å². The topological polar surface area (TPSA) is 94.6 Å². The van der Waals surface area contributed by atoms with Crippen LogP contribution in [-0.4, -0.2) is 20.0 Å². The van der Waals surface area contributed by atoms with Crippen LogP contribution in [0.5, 0.6) is 11.5 Å². The summed E-state index contributed by atoms with van der Waals surface area (Å²) >= 11 is 0. The van der Waals surface area contributed by atoms with Gasteiger partial charge in [0.15, 0.2) is 5.78 Å². The lowest BCUT2D eigenvalue weighted by atomic mass is 9.73. The molecule has 0 unspecified atom stereocenters. The van der Waals surface area contributed by atoms with Crippen molar-refractivity contribution in [1.82, 2.24) is 0 Å². The van der Waals surface area contributed by atoms with Crippen molar-refractivity contribution >= 4 is 5.78 Å². The van der Waals surface area contributed by atoms with Gasteiger partial charge in [0.2, 0.25) is 5.88 Å². The van der Waals surface area contributed by atoms with E-state index < -0.39 is 5.92 Å². The first-order valence-corrected chi connectivity index (χ1v) is 9.68. The monoisotopic (exact) mass is 402 g/mol. The number of hydrogen-bond donors (Lipinski definition) is 1. The van der Waals surface area contributed by atoms with Crippen molar-refractivity contribution in [3.63, 3.8) is 0 Å². The number of carbonyl (C=O) groups is 1. The highest BCUT2D eigenvalue weighted by atomic mass is 16.5. The van der Waals surface area contributed by atoms with E-state index in [2.05, 4.69) is 6.07 Å². The van der Waals surface area contributed by atoms with Crippen LogP contribution in [0.4, 0.5) is 0 Å². The molecule has 1 aliphatic carbocycles. The van der Waals surface area contributed by atoms with Crippen LogP contribution in [0.3, 0.4) is 0 Å². The van der Waals surface area contributed by atoms with Crippen LogP contribution in [0, 0.1) is 11.3 Å². The van der Waals surface area contributed by atoms with E-state index >= 15 is 0 Å². The van der Waals surface area contributed by atoms with Gasteiger partial charge in [0.1, 0.15) is 28.9 Å². The number of nitrogens with two attached hydrogens (primary N) is 1. The van der Waals surface area contributed by atoms with Crippen LogP contribution >= 0.6 is 0 Å². The summed E-state index contributed by atoms with van der Waals surface area (Å²) < 4.78 is 16.7. The van der Waals surface area contributed by atoms with Gasteiger partial charge in [-0.05, 0) is 29.7 Å². The van der Waals surface area contributed by atoms with Crippen LogP contribution in [0.1, 0.15) is 35.8 Å². The third-order valence-corrected chi connectivity index (χ3v) is 5.68. The Hall–Kier alpha value is -3.72. The minimum absolute atomic E-state index is 0.00161. The molecule has 2 aromatic rings. The van der Waals surface area contributed by atoms with E-state index in [1.807, 2.05) is 30.3 Å². The summed E-state index contributed by atoms with van der Waals surface area (Å²) in [6.45, 7) is 0. The quantitative estimate of drug-likeness (QED) is 0.833. The molecule has 4 rings (SSSR count). The van der Waals surface area contributed by atoms with Gasteiger partial charge >= 0.3 is 0 Å². The molecule has 0 amide bonds. The number of methoxy groups -OCH3 is 2. The first-order chi connectivity index (χ1) is 14.6. The molecule has 30 heavy (non-hydrogen) atoms. The third-order valence-electron chi connectivity index (χ3n) is 5.68. The molecular formula is C24H22N2O4. The Morgan fingerprint density at radius 3 is 2.53 bits per heavy atom. The lowest BCUT2D eigenvalue weighted by Gasteiger charge is -2.34. The van der Waals surface area contributed by atoms with Crippen molar-refractivity contribution in [2.45, 2.75) is 24.7 Å². The molecule has 0 saturated carbocycles. The molecule has 0 aromatic heterocycles. The van der Waals surface area contributed by atoms with Crippen LogP contribution in [0.2, 0.25) is 0 Å². The highest BCUT2D eigenvalue weighted by Gasteiger charge is 2.42. The zero-order valence-corrected chi connectivity index (χ0v) is 16.8. The van der Waals surface area contributed by atoms with Gasteiger partial charge in [-0.1, -0.05) is 30.3 Å². The molecule has 2 aliphatic rings. The summed E-state index contributed by atoms with van der Waals surface area (Å²) in [7, 11) is 3.11. The van der Waals surface area contributed by atoms with Gasteiger partial charge in [-0.2, -0.15) is 5.26 Å². The van der Waals surface area contributed by atoms with E-state index in [4.69, 9.17) is 19.9 Å². The zero-order chi connectivity index (χ0) is 21.3. The average molecular weight is 402 g/mol. The standard InChI is InChI=1S/C24H22N2O4/c1-28-16-8-9-20(29-2)17(12-16)22-18(13-25)24(26)30-21-11-15(10-19(27)23(21)22)14-6-4-3-5-7-14/h3-9,12,15,22H,10-11,26H2,1-2H3/t15-,22+/m1/s1. The van der Waals surface area contributed by atoms with Crippen molar-refractivity contribution in [1.29, 1.82) is 5.26 Å². The first kappa shape index (κ1) is 19.6. The van der Waals surface area contributed by atoms with Crippen LogP contribution in [-0.2, 0) is 9.53 Å². The number of hydrogen-bond acceptors (Lipinski definition) is 6. The van der Waals surface area contributed by atoms with Gasteiger partial charge in [-0.25, -0.2) is 0 Å². The average Bonchev–Trinajstić information content (AvgIpc) is 2.78. The summed E-state index contributed by atoms with van der Waals surface area (Å²) in [4.78, 5) is 13.3. The van der Waals surface area contributed by atoms with Gasteiger partial charge in [0.05, 0.1) is 20.1 Å². The SMILES string of the molecule is COc1ccc(OC)c([C@H]2C(C#N)=C(N)OC3=C2C(=O)C[C@@H](c2ccccc2)C3)c1. The minimum Gasteiger partial charge on any atom is -0.497 e. The molecule has 6 nitrogen and oxygen atoms in total. The number of ether oxygens (including phenoxy) is 3. The highest BCUT2D eigenvalue weighted by molar-refractivity contribution is 6.00. The molecule has 2 N–H and O–H groups in total. The second-order valence-electron chi connectivity index (χ2n) is 7.31. The lowest BCUT2D eigenvalue weighted by Crippen LogP contribution is -2.30. The lowest BCUT2D eigenvalue weighted by molar-refractivity contribution is -0.117. The maximum absolute atomic E-state index is 13.3. The Balaban J connectivity index is 1.85. The second kappa shape index (κ2) is 7.96. The molecule has 2 aromatic carbocycles. The van der Waals surface area contributed by atoms with Gasteiger partial charge in [-0.3, -0.25) is 4.79 Å². The van der Waals surface area contributed by atoms with Gasteiger partial charge in [0, 0.05) is 24.0 Å². The predicted octanol–water partition coefficient (Wildman–Crippen LogP) is 3.91. The molecule has 0 fully saturated rings. The number of Topliss-reactive ketones (excluding diaryl/α,β-unsaturated/α-hetero) is 1. The fraction of sp³-hybridized carbons (Fsp3) is 0.250. The highest BCUT2D eigenvalue weighted by Crippen LogP contribution is 2.49. The summed E-state index contributed by atoms with van der Waals surface area (Å²) in [5.41, 5.74) is 8.53. The van der Waals surface area contributed by atoms with Crippen LogP contribution in [0.25, 0.3) is 0 Å². The second-order valence-corrected chi connectivity index (χ2v) is 7.31. The van der Waals surface area contributed by atoms with Crippen molar-refractivity contribution in [2.24, 2.45) is 5.73 Å². The van der Waals surface area contributed by atoms with Crippen LogP contribution < -0.4 is 15.2 Å². The van der Waals surface area contributed by atoms with Gasteiger partial charge in [-0.15, -0.1) is 0 Å². The Bertz CT molecular complexity index is 1100. The largest absolute Gasteiger partial charge is 0.497 e. The fourth-order valence-electron chi connectivity index (χ4n) is 4.24. The number of allylic oxidation sites excluding steroid dienone is 3. The van der Waals surface area contributed by atoms with Crippen molar-refractivity contribution in [2.75, 3.05) is 14.2 Å². The fourth-order valence-corrected chi connectivity index (χ4v) is 4.24. The minimum atomic E-state index is -0.659. The molecular weight excluding hydrogens is 380 g/mol. The number of nitriles is 1. The van der Waals surface area contributed by atoms with E-state index in [0.717, 1.165) is 5.56 Å². The normalized spacial score (nSPS) is 20.9. The van der Waals surface area contributed by atoms with Gasteiger partial charge < -0.3 is 19.9 Å². The number of nitrogens with zero attached hydrogens (tertiary/aromatic N) is 1. The van der Waals surface area contributed by atoms with E-state index in [1.165, 1.54) is 0 Å². The van der Waals surface area contributed by atoms with Gasteiger partial charge in [0.25, 0.3) is 0 Å². The molecule has 0 saturated heterocycles. The van der Waals surface area contributed by atoms with Crippen molar-refractivity contribution in [3.8, 4) is 17.6 Å². The van der Waals surface area contributed by atoms with Crippen LogP contribution in [0.15, 0.2) is 71.3 Å². The number of carbonyl (C=O) groups excluding carboxylic acids is 1.